The van der Waals surface area contributed by atoms with Crippen molar-refractivity contribution in [3.63, 3.8) is 0 Å². The minimum Gasteiger partial charge on any atom is -0.226 e. The number of nitrogens with zero attached hydrogens (tertiary/aromatic N) is 3. The number of rotatable bonds is 0. The second-order valence-corrected chi connectivity index (χ2v) is 1.50. The summed E-state index contributed by atoms with van der Waals surface area (Å²) in [6, 6.07) is 0. The van der Waals surface area contributed by atoms with Crippen LogP contribution in [0.15, 0.2) is 12.4 Å². The van der Waals surface area contributed by atoms with Gasteiger partial charge in [-0.2, -0.15) is 5.26 Å². The molecule has 1 aromatic rings. The van der Waals surface area contributed by atoms with Crippen molar-refractivity contribution in [2.75, 3.05) is 0 Å². The van der Waals surface area contributed by atoms with Gasteiger partial charge in [-0.15, -0.1) is 0 Å². The van der Waals surface area contributed by atoms with Crippen LogP contribution >= 0.6 is 11.6 Å². The van der Waals surface area contributed by atoms with Crippen molar-refractivity contribution in [1.82, 2.24) is 9.55 Å². The zero-order valence-corrected chi connectivity index (χ0v) is 4.63. The largest absolute Gasteiger partial charge is 0.226 e. The van der Waals surface area contributed by atoms with Crippen molar-refractivity contribution in [3.05, 3.63) is 17.7 Å². The Morgan fingerprint density at radius 2 is 2.62 bits per heavy atom. The van der Waals surface area contributed by atoms with Crippen molar-refractivity contribution in [2.45, 2.75) is 0 Å². The van der Waals surface area contributed by atoms with E-state index < -0.39 is 0 Å². The van der Waals surface area contributed by atoms with E-state index in [1.165, 1.54) is 17.0 Å². The van der Waals surface area contributed by atoms with Crippen LogP contribution in [0.25, 0.3) is 0 Å². The van der Waals surface area contributed by atoms with E-state index in [0.29, 0.717) is 0 Å². The first-order valence-electron chi connectivity index (χ1n) is 1.93. The number of imidazole rings is 1. The van der Waals surface area contributed by atoms with Crippen LogP contribution in [0.5, 0.6) is 0 Å². The molecule has 0 unspecified atom stereocenters. The molecule has 4 heteroatoms. The fraction of sp³-hybridized carbons (Fsp3) is 0. The van der Waals surface area contributed by atoms with Crippen LogP contribution in [0.1, 0.15) is 0 Å². The van der Waals surface area contributed by atoms with E-state index in [1.54, 1.807) is 6.19 Å². The van der Waals surface area contributed by atoms with Crippen molar-refractivity contribution in [3.8, 4) is 6.19 Å². The topological polar surface area (TPSA) is 41.6 Å². The molecular formula is C4H2ClN3. The van der Waals surface area contributed by atoms with Gasteiger partial charge < -0.3 is 0 Å². The van der Waals surface area contributed by atoms with Crippen molar-refractivity contribution in [2.24, 2.45) is 0 Å². The summed E-state index contributed by atoms with van der Waals surface area (Å²) in [6.45, 7) is 0. The normalized spacial score (nSPS) is 8.50. The molecule has 0 bridgehead atoms. The molecule has 0 saturated carbocycles. The average Bonchev–Trinajstić information content (AvgIpc) is 2.14. The average molecular weight is 128 g/mol. The van der Waals surface area contributed by atoms with E-state index in [1.807, 2.05) is 0 Å². The lowest BCUT2D eigenvalue weighted by atomic mass is 10.9. The Hall–Kier alpha value is -1.01. The number of hydrogen-bond acceptors (Lipinski definition) is 2. The van der Waals surface area contributed by atoms with Gasteiger partial charge in [-0.25, -0.2) is 9.55 Å². The fourth-order valence-electron chi connectivity index (χ4n) is 0.360. The maximum absolute atomic E-state index is 8.20. The molecule has 0 radical (unpaired) electrons. The maximum Gasteiger partial charge on any atom is 0.216 e. The highest BCUT2D eigenvalue weighted by atomic mass is 35.5. The highest BCUT2D eigenvalue weighted by molar-refractivity contribution is 6.28. The highest BCUT2D eigenvalue weighted by Gasteiger charge is 1.92. The van der Waals surface area contributed by atoms with Crippen LogP contribution in [-0.4, -0.2) is 9.55 Å². The molecular weight excluding hydrogens is 126 g/mol. The van der Waals surface area contributed by atoms with Crippen molar-refractivity contribution >= 4 is 11.6 Å². The molecule has 0 aliphatic heterocycles. The Morgan fingerprint density at radius 1 is 1.88 bits per heavy atom. The predicted molar refractivity (Wildman–Crippen MR) is 28.2 cm³/mol. The van der Waals surface area contributed by atoms with Gasteiger partial charge in [0.15, 0.2) is 6.19 Å². The van der Waals surface area contributed by atoms with Crippen LogP contribution in [0.4, 0.5) is 0 Å². The van der Waals surface area contributed by atoms with Gasteiger partial charge in [0.1, 0.15) is 0 Å². The first-order valence-corrected chi connectivity index (χ1v) is 2.31. The van der Waals surface area contributed by atoms with E-state index in [4.69, 9.17) is 16.9 Å². The van der Waals surface area contributed by atoms with E-state index >= 15 is 0 Å². The van der Waals surface area contributed by atoms with Gasteiger partial charge in [-0.1, -0.05) is 0 Å². The molecule has 40 valence electrons. The fourth-order valence-corrected chi connectivity index (χ4v) is 0.510. The molecule has 0 saturated heterocycles. The first-order chi connectivity index (χ1) is 3.84. The van der Waals surface area contributed by atoms with Crippen molar-refractivity contribution in [1.29, 1.82) is 5.26 Å². The molecule has 0 spiro atoms. The maximum atomic E-state index is 8.20. The lowest BCUT2D eigenvalue weighted by Gasteiger charge is -1.80. The minimum absolute atomic E-state index is 0.201. The van der Waals surface area contributed by atoms with E-state index in [-0.39, 0.29) is 5.28 Å². The monoisotopic (exact) mass is 127 g/mol. The molecule has 1 heterocycles. The number of hydrogen-bond donors (Lipinski definition) is 0. The summed E-state index contributed by atoms with van der Waals surface area (Å²) in [6.07, 6.45) is 4.75. The second kappa shape index (κ2) is 1.85. The van der Waals surface area contributed by atoms with Crippen LogP contribution in [-0.2, 0) is 0 Å². The van der Waals surface area contributed by atoms with Crippen LogP contribution in [0, 0.1) is 11.5 Å². The molecule has 0 aromatic carbocycles. The summed E-state index contributed by atoms with van der Waals surface area (Å²) in [4.78, 5) is 3.59. The Balaban J connectivity index is 3.15. The number of aromatic nitrogens is 2. The first kappa shape index (κ1) is 5.13. The Labute approximate surface area is 51.1 Å². The Bertz CT molecular complexity index is 221. The smallest absolute Gasteiger partial charge is 0.216 e. The molecule has 1 rings (SSSR count). The summed E-state index contributed by atoms with van der Waals surface area (Å²) in [5, 5.41) is 8.40. The van der Waals surface area contributed by atoms with E-state index in [2.05, 4.69) is 4.98 Å². The summed E-state index contributed by atoms with van der Waals surface area (Å²) >= 11 is 5.37. The quantitative estimate of drug-likeness (QED) is 0.519. The third kappa shape index (κ3) is 0.658. The zero-order chi connectivity index (χ0) is 5.98. The number of nitriles is 1. The van der Waals surface area contributed by atoms with Gasteiger partial charge >= 0.3 is 0 Å². The molecule has 1 aromatic heterocycles. The van der Waals surface area contributed by atoms with Gasteiger partial charge in [0.2, 0.25) is 5.28 Å². The zero-order valence-electron chi connectivity index (χ0n) is 3.87. The summed E-state index contributed by atoms with van der Waals surface area (Å²) in [5.41, 5.74) is 0. The van der Waals surface area contributed by atoms with Gasteiger partial charge in [-0.3, -0.25) is 0 Å². The third-order valence-corrected chi connectivity index (χ3v) is 0.983. The standard InChI is InChI=1S/C4H2ClN3/c5-4-7-1-2-8(4)3-6/h1-2H. The molecule has 0 aliphatic carbocycles. The van der Waals surface area contributed by atoms with Gasteiger partial charge in [0, 0.05) is 12.4 Å². The number of halogens is 1. The lowest BCUT2D eigenvalue weighted by molar-refractivity contribution is 1.08. The Kier molecular flexibility index (Phi) is 1.18. The molecule has 8 heavy (non-hydrogen) atoms. The lowest BCUT2D eigenvalue weighted by Crippen LogP contribution is -1.82. The van der Waals surface area contributed by atoms with Crippen LogP contribution in [0.3, 0.4) is 0 Å². The Morgan fingerprint density at radius 3 is 2.88 bits per heavy atom. The second-order valence-electron chi connectivity index (χ2n) is 1.17. The van der Waals surface area contributed by atoms with Crippen molar-refractivity contribution < 1.29 is 0 Å². The SMILES string of the molecule is N#Cn1ccnc1Cl. The van der Waals surface area contributed by atoms with Crippen LogP contribution in [0.2, 0.25) is 5.28 Å². The highest BCUT2D eigenvalue weighted by Crippen LogP contribution is 2.00. The van der Waals surface area contributed by atoms with E-state index in [9.17, 15) is 0 Å². The van der Waals surface area contributed by atoms with Gasteiger partial charge in [0.05, 0.1) is 0 Å². The van der Waals surface area contributed by atoms with Gasteiger partial charge in [-0.05, 0) is 11.6 Å². The predicted octanol–water partition coefficient (Wildman–Crippen LogP) is 0.866. The van der Waals surface area contributed by atoms with Crippen LogP contribution < -0.4 is 0 Å². The molecule has 0 N–H and O–H groups in total. The minimum atomic E-state index is 0.201. The summed E-state index contributed by atoms with van der Waals surface area (Å²) < 4.78 is 1.17. The van der Waals surface area contributed by atoms with Gasteiger partial charge in [0.25, 0.3) is 0 Å². The summed E-state index contributed by atoms with van der Waals surface area (Å²) in [5.74, 6) is 0. The summed E-state index contributed by atoms with van der Waals surface area (Å²) in [7, 11) is 0. The molecule has 0 amide bonds. The molecule has 0 aliphatic rings. The van der Waals surface area contributed by atoms with E-state index in [0.717, 1.165) is 0 Å². The molecule has 3 nitrogen and oxygen atoms in total. The third-order valence-electron chi connectivity index (χ3n) is 0.703. The molecule has 0 atom stereocenters. The molecule has 0 fully saturated rings.